The molecule has 0 saturated carbocycles. The summed E-state index contributed by atoms with van der Waals surface area (Å²) in [6.45, 7) is 5.08. The average molecular weight is 399 g/mol. The van der Waals surface area contributed by atoms with Gasteiger partial charge in [-0.15, -0.1) is 11.3 Å². The second-order valence-corrected chi connectivity index (χ2v) is 9.65. The summed E-state index contributed by atoms with van der Waals surface area (Å²) in [5.74, 6) is 1.65. The van der Waals surface area contributed by atoms with Gasteiger partial charge in [0.1, 0.15) is 4.83 Å². The van der Waals surface area contributed by atoms with Crippen LogP contribution in [0, 0.1) is 5.92 Å². The second kappa shape index (κ2) is 8.19. The van der Waals surface area contributed by atoms with Crippen LogP contribution in [0.1, 0.15) is 49.1 Å². The van der Waals surface area contributed by atoms with Crippen LogP contribution in [-0.4, -0.2) is 15.3 Å². The Morgan fingerprint density at radius 3 is 2.89 bits per heavy atom. The third-order valence-electron chi connectivity index (χ3n) is 5.29. The van der Waals surface area contributed by atoms with Crippen LogP contribution in [0.25, 0.3) is 10.2 Å². The first kappa shape index (κ1) is 18.8. The zero-order valence-electron chi connectivity index (χ0n) is 16.0. The van der Waals surface area contributed by atoms with Gasteiger partial charge in [-0.2, -0.15) is 0 Å². The van der Waals surface area contributed by atoms with E-state index in [0.717, 1.165) is 52.4 Å². The van der Waals surface area contributed by atoms with E-state index >= 15 is 0 Å². The molecular formula is C22H26N2OS2. The van der Waals surface area contributed by atoms with Crippen LogP contribution >= 0.6 is 23.1 Å². The van der Waals surface area contributed by atoms with Gasteiger partial charge < -0.3 is 0 Å². The van der Waals surface area contributed by atoms with Crippen LogP contribution in [0.3, 0.4) is 0 Å². The maximum Gasteiger partial charge on any atom is 0.263 e. The predicted molar refractivity (Wildman–Crippen MR) is 116 cm³/mol. The van der Waals surface area contributed by atoms with Crippen molar-refractivity contribution in [3.05, 3.63) is 56.7 Å². The van der Waals surface area contributed by atoms with Crippen LogP contribution in [0.15, 0.2) is 40.3 Å². The molecule has 1 aromatic carbocycles. The third-order valence-corrected chi connectivity index (χ3v) is 7.54. The lowest BCUT2D eigenvalue weighted by Crippen LogP contribution is -2.25. The van der Waals surface area contributed by atoms with E-state index in [2.05, 4.69) is 26.0 Å². The summed E-state index contributed by atoms with van der Waals surface area (Å²) in [5, 5.41) is 1.76. The predicted octanol–water partition coefficient (Wildman–Crippen LogP) is 5.52. The maximum atomic E-state index is 13.5. The molecule has 0 amide bonds. The number of benzene rings is 1. The van der Waals surface area contributed by atoms with Crippen molar-refractivity contribution in [1.82, 2.24) is 9.55 Å². The van der Waals surface area contributed by atoms with E-state index < -0.39 is 0 Å². The van der Waals surface area contributed by atoms with Crippen LogP contribution < -0.4 is 5.56 Å². The van der Waals surface area contributed by atoms with E-state index in [1.807, 2.05) is 22.8 Å². The van der Waals surface area contributed by atoms with Crippen molar-refractivity contribution < 1.29 is 0 Å². The number of unbranched alkanes of at least 4 members (excludes halogenated alkanes) is 1. The molecule has 0 radical (unpaired) electrons. The molecule has 1 aliphatic carbocycles. The second-order valence-electron chi connectivity index (χ2n) is 7.51. The largest absolute Gasteiger partial charge is 0.283 e. The van der Waals surface area contributed by atoms with Crippen molar-refractivity contribution in [2.24, 2.45) is 5.92 Å². The number of fused-ring (bicyclic) bond motifs is 3. The molecule has 0 bridgehead atoms. The van der Waals surface area contributed by atoms with E-state index in [1.54, 1.807) is 23.1 Å². The topological polar surface area (TPSA) is 34.9 Å². The van der Waals surface area contributed by atoms with Crippen LogP contribution in [0.2, 0.25) is 0 Å². The fourth-order valence-electron chi connectivity index (χ4n) is 3.74. The first-order valence-electron chi connectivity index (χ1n) is 9.89. The van der Waals surface area contributed by atoms with Gasteiger partial charge in [0, 0.05) is 10.6 Å². The molecule has 0 saturated heterocycles. The van der Waals surface area contributed by atoms with E-state index in [0.29, 0.717) is 12.5 Å². The van der Waals surface area contributed by atoms with E-state index in [-0.39, 0.29) is 5.56 Å². The Kier molecular flexibility index (Phi) is 5.69. The van der Waals surface area contributed by atoms with Crippen molar-refractivity contribution >= 4 is 33.3 Å². The van der Waals surface area contributed by atoms with Crippen molar-refractivity contribution in [3.63, 3.8) is 0 Å². The summed E-state index contributed by atoms with van der Waals surface area (Å²) < 4.78 is 1.91. The number of aryl methyl sites for hydroxylation is 1. The first-order chi connectivity index (χ1) is 13.2. The molecule has 0 N–H and O–H groups in total. The lowest BCUT2D eigenvalue weighted by molar-refractivity contribution is 0.508. The summed E-state index contributed by atoms with van der Waals surface area (Å²) in [6, 6.07) is 10.3. The monoisotopic (exact) mass is 398 g/mol. The van der Waals surface area contributed by atoms with E-state index in [1.165, 1.54) is 16.9 Å². The molecule has 0 fully saturated rings. The molecule has 4 rings (SSSR count). The summed E-state index contributed by atoms with van der Waals surface area (Å²) in [5.41, 5.74) is 2.57. The molecule has 27 heavy (non-hydrogen) atoms. The number of aromatic nitrogens is 2. The summed E-state index contributed by atoms with van der Waals surface area (Å²) in [6.07, 6.45) is 5.62. The number of hydrogen-bond donors (Lipinski definition) is 0. The van der Waals surface area contributed by atoms with Crippen molar-refractivity contribution in [2.75, 3.05) is 5.75 Å². The van der Waals surface area contributed by atoms with Gasteiger partial charge >= 0.3 is 0 Å². The molecule has 142 valence electrons. The quantitative estimate of drug-likeness (QED) is 0.311. The maximum absolute atomic E-state index is 13.5. The van der Waals surface area contributed by atoms with Gasteiger partial charge in [0.2, 0.25) is 0 Å². The van der Waals surface area contributed by atoms with Gasteiger partial charge in [-0.3, -0.25) is 9.36 Å². The fourth-order valence-corrected chi connectivity index (χ4v) is 6.07. The minimum Gasteiger partial charge on any atom is -0.283 e. The van der Waals surface area contributed by atoms with Gasteiger partial charge in [0.05, 0.1) is 11.9 Å². The lowest BCUT2D eigenvalue weighted by atomic mass is 9.89. The summed E-state index contributed by atoms with van der Waals surface area (Å²) >= 11 is 3.47. The normalized spacial score (nSPS) is 16.6. The zero-order valence-corrected chi connectivity index (χ0v) is 17.7. The number of thioether (sulfide) groups is 1. The van der Waals surface area contributed by atoms with Crippen molar-refractivity contribution in [1.29, 1.82) is 0 Å². The Morgan fingerprint density at radius 1 is 1.30 bits per heavy atom. The highest BCUT2D eigenvalue weighted by Crippen LogP contribution is 2.36. The standard InChI is InChI=1S/C22H26N2OS2/c1-3-4-12-26-22-23-20-19(17-13-15(2)10-11-18(17)27-20)21(25)24(22)14-16-8-6-5-7-9-16/h5-9,15H,3-4,10-14H2,1-2H3. The number of rotatable bonds is 6. The first-order valence-corrected chi connectivity index (χ1v) is 11.7. The third kappa shape index (κ3) is 3.85. The highest BCUT2D eigenvalue weighted by Gasteiger charge is 2.24. The van der Waals surface area contributed by atoms with Crippen LogP contribution in [-0.2, 0) is 19.4 Å². The van der Waals surface area contributed by atoms with Gasteiger partial charge in [-0.1, -0.05) is 62.4 Å². The molecule has 2 aromatic heterocycles. The number of hydrogen-bond acceptors (Lipinski definition) is 4. The Labute approximate surface area is 168 Å². The lowest BCUT2D eigenvalue weighted by Gasteiger charge is -2.18. The molecule has 1 unspecified atom stereocenters. The zero-order chi connectivity index (χ0) is 18.8. The van der Waals surface area contributed by atoms with Gasteiger partial charge in [-0.25, -0.2) is 4.98 Å². The molecule has 1 aliphatic rings. The SMILES string of the molecule is CCCCSc1nc2sc3c(c2c(=O)n1Cc1ccccc1)CC(C)CC3. The highest BCUT2D eigenvalue weighted by molar-refractivity contribution is 7.99. The van der Waals surface area contributed by atoms with Gasteiger partial charge in [-0.05, 0) is 42.7 Å². The Morgan fingerprint density at radius 2 is 2.11 bits per heavy atom. The van der Waals surface area contributed by atoms with E-state index in [4.69, 9.17) is 4.98 Å². The Hall–Kier alpha value is -1.59. The fraction of sp³-hybridized carbons (Fsp3) is 0.455. The summed E-state index contributed by atoms with van der Waals surface area (Å²) in [4.78, 5) is 20.9. The molecule has 3 nitrogen and oxygen atoms in total. The molecule has 2 heterocycles. The minimum atomic E-state index is 0.148. The van der Waals surface area contributed by atoms with Crippen LogP contribution in [0.4, 0.5) is 0 Å². The number of nitrogens with zero attached hydrogens (tertiary/aromatic N) is 2. The van der Waals surface area contributed by atoms with Gasteiger partial charge in [0.25, 0.3) is 5.56 Å². The molecular weight excluding hydrogens is 372 g/mol. The molecule has 0 spiro atoms. The Balaban J connectivity index is 1.83. The molecule has 5 heteroatoms. The Bertz CT molecular complexity index is 991. The van der Waals surface area contributed by atoms with Crippen molar-refractivity contribution in [2.45, 2.75) is 57.7 Å². The molecule has 3 aromatic rings. The van der Waals surface area contributed by atoms with Crippen molar-refractivity contribution in [3.8, 4) is 0 Å². The van der Waals surface area contributed by atoms with Crippen LogP contribution in [0.5, 0.6) is 0 Å². The average Bonchev–Trinajstić information content (AvgIpc) is 3.03. The molecule has 1 atom stereocenters. The highest BCUT2D eigenvalue weighted by atomic mass is 32.2. The minimum absolute atomic E-state index is 0.148. The smallest absolute Gasteiger partial charge is 0.263 e. The number of thiophene rings is 1. The van der Waals surface area contributed by atoms with Gasteiger partial charge in [0.15, 0.2) is 5.16 Å². The molecule has 0 aliphatic heterocycles. The summed E-state index contributed by atoms with van der Waals surface area (Å²) in [7, 11) is 0. The van der Waals surface area contributed by atoms with E-state index in [9.17, 15) is 4.79 Å².